The van der Waals surface area contributed by atoms with Crippen LogP contribution >= 0.6 is 0 Å². The molecule has 0 fully saturated rings. The highest BCUT2D eigenvalue weighted by Gasteiger charge is 2.11. The zero-order chi connectivity index (χ0) is 12.8. The van der Waals surface area contributed by atoms with Gasteiger partial charge in [0.15, 0.2) is 5.78 Å². The van der Waals surface area contributed by atoms with Gasteiger partial charge in [-0.3, -0.25) is 4.79 Å². The molecule has 1 heterocycles. The first-order chi connectivity index (χ1) is 8.10. The van der Waals surface area contributed by atoms with Crippen molar-refractivity contribution in [2.45, 2.75) is 33.1 Å². The van der Waals surface area contributed by atoms with E-state index < -0.39 is 0 Å². The topological polar surface area (TPSA) is 30.0 Å². The van der Waals surface area contributed by atoms with E-state index in [1.807, 2.05) is 18.2 Å². The lowest BCUT2D eigenvalue weighted by Crippen LogP contribution is -2.05. The SMILES string of the molecule is C=C/C=C\c1ccc(C(C)=O)nc1C(C)CC. The minimum Gasteiger partial charge on any atom is -0.293 e. The van der Waals surface area contributed by atoms with Crippen LogP contribution in [0.2, 0.25) is 0 Å². The van der Waals surface area contributed by atoms with Crippen molar-refractivity contribution in [3.8, 4) is 0 Å². The van der Waals surface area contributed by atoms with Crippen molar-refractivity contribution in [1.82, 2.24) is 4.98 Å². The minimum atomic E-state index is 0.00815. The van der Waals surface area contributed by atoms with E-state index in [2.05, 4.69) is 25.4 Å². The van der Waals surface area contributed by atoms with E-state index in [9.17, 15) is 4.79 Å². The molecule has 0 saturated heterocycles. The van der Waals surface area contributed by atoms with E-state index in [0.717, 1.165) is 17.7 Å². The van der Waals surface area contributed by atoms with E-state index in [-0.39, 0.29) is 5.78 Å². The van der Waals surface area contributed by atoms with Crippen LogP contribution in [0.15, 0.2) is 30.9 Å². The van der Waals surface area contributed by atoms with Gasteiger partial charge >= 0.3 is 0 Å². The maximum atomic E-state index is 11.3. The summed E-state index contributed by atoms with van der Waals surface area (Å²) in [6, 6.07) is 3.72. The Hall–Kier alpha value is -1.70. The number of carbonyl (C=O) groups is 1. The third-order valence-corrected chi connectivity index (χ3v) is 2.81. The van der Waals surface area contributed by atoms with Crippen LogP contribution in [0.1, 0.15) is 54.9 Å². The van der Waals surface area contributed by atoms with Crippen LogP contribution < -0.4 is 0 Å². The van der Waals surface area contributed by atoms with Crippen molar-refractivity contribution < 1.29 is 4.79 Å². The standard InChI is InChI=1S/C15H19NO/c1-5-7-8-13-9-10-14(12(4)17)16-15(13)11(3)6-2/h5,7-11H,1,6H2,2-4H3/b8-7-. The number of aromatic nitrogens is 1. The third-order valence-electron chi connectivity index (χ3n) is 2.81. The molecule has 0 aliphatic carbocycles. The van der Waals surface area contributed by atoms with Crippen LogP contribution in [0.25, 0.3) is 6.08 Å². The van der Waals surface area contributed by atoms with E-state index in [1.165, 1.54) is 0 Å². The Morgan fingerprint density at radius 2 is 2.24 bits per heavy atom. The maximum Gasteiger partial charge on any atom is 0.178 e. The molecule has 0 radical (unpaired) electrons. The van der Waals surface area contributed by atoms with Crippen LogP contribution in [-0.4, -0.2) is 10.8 Å². The number of hydrogen-bond acceptors (Lipinski definition) is 2. The number of allylic oxidation sites excluding steroid dienone is 2. The lowest BCUT2D eigenvalue weighted by Gasteiger charge is -2.12. The fourth-order valence-corrected chi connectivity index (χ4v) is 1.58. The second kappa shape index (κ2) is 6.14. The quantitative estimate of drug-likeness (QED) is 0.564. The van der Waals surface area contributed by atoms with Crippen LogP contribution in [0, 0.1) is 0 Å². The second-order valence-corrected chi connectivity index (χ2v) is 4.13. The summed E-state index contributed by atoms with van der Waals surface area (Å²) in [5, 5.41) is 0. The zero-order valence-corrected chi connectivity index (χ0v) is 10.7. The minimum absolute atomic E-state index is 0.00815. The molecule has 0 bridgehead atoms. The average molecular weight is 229 g/mol. The van der Waals surface area contributed by atoms with Gasteiger partial charge in [0.1, 0.15) is 5.69 Å². The molecule has 1 unspecified atom stereocenters. The average Bonchev–Trinajstić information content (AvgIpc) is 2.35. The zero-order valence-electron chi connectivity index (χ0n) is 10.7. The van der Waals surface area contributed by atoms with Crippen LogP contribution in [0.3, 0.4) is 0 Å². The lowest BCUT2D eigenvalue weighted by atomic mass is 9.98. The molecule has 1 aromatic heterocycles. The molecule has 1 rings (SSSR count). The van der Waals surface area contributed by atoms with Gasteiger partial charge in [-0.1, -0.05) is 44.7 Å². The predicted molar refractivity (Wildman–Crippen MR) is 72.2 cm³/mol. The summed E-state index contributed by atoms with van der Waals surface area (Å²) in [6.07, 6.45) is 6.60. The fraction of sp³-hybridized carbons (Fsp3) is 0.333. The Morgan fingerprint density at radius 3 is 2.76 bits per heavy atom. The Balaban J connectivity index is 3.25. The summed E-state index contributed by atoms with van der Waals surface area (Å²) < 4.78 is 0. The molecule has 2 nitrogen and oxygen atoms in total. The Bertz CT molecular complexity index is 446. The first kappa shape index (κ1) is 13.4. The van der Waals surface area contributed by atoms with E-state index in [4.69, 9.17) is 0 Å². The molecule has 0 N–H and O–H groups in total. The van der Waals surface area contributed by atoms with Crippen molar-refractivity contribution in [3.05, 3.63) is 47.8 Å². The van der Waals surface area contributed by atoms with Gasteiger partial charge in [0.25, 0.3) is 0 Å². The van der Waals surface area contributed by atoms with Crippen molar-refractivity contribution >= 4 is 11.9 Å². The number of carbonyl (C=O) groups excluding carboxylic acids is 1. The van der Waals surface area contributed by atoms with Gasteiger partial charge in [-0.2, -0.15) is 0 Å². The molecule has 90 valence electrons. The summed E-state index contributed by atoms with van der Waals surface area (Å²) in [4.78, 5) is 15.8. The number of ketones is 1. The molecule has 2 heteroatoms. The van der Waals surface area contributed by atoms with Crippen molar-refractivity contribution in [2.75, 3.05) is 0 Å². The summed E-state index contributed by atoms with van der Waals surface area (Å²) in [5.74, 6) is 0.354. The Labute approximate surface area is 103 Å². The molecular weight excluding hydrogens is 210 g/mol. The highest BCUT2D eigenvalue weighted by molar-refractivity contribution is 5.92. The molecule has 0 aliphatic rings. The Kier molecular flexibility index (Phi) is 4.83. The van der Waals surface area contributed by atoms with E-state index in [1.54, 1.807) is 19.1 Å². The first-order valence-electron chi connectivity index (χ1n) is 5.91. The van der Waals surface area contributed by atoms with Crippen LogP contribution in [0.4, 0.5) is 0 Å². The van der Waals surface area contributed by atoms with E-state index >= 15 is 0 Å². The van der Waals surface area contributed by atoms with Gasteiger partial charge in [0.2, 0.25) is 0 Å². The number of hydrogen-bond donors (Lipinski definition) is 0. The number of rotatable bonds is 5. The third kappa shape index (κ3) is 3.38. The Morgan fingerprint density at radius 1 is 1.53 bits per heavy atom. The van der Waals surface area contributed by atoms with E-state index in [0.29, 0.717) is 11.6 Å². The van der Waals surface area contributed by atoms with Crippen LogP contribution in [0.5, 0.6) is 0 Å². The molecule has 0 saturated carbocycles. The van der Waals surface area contributed by atoms with Gasteiger partial charge < -0.3 is 0 Å². The van der Waals surface area contributed by atoms with Gasteiger partial charge in [0.05, 0.1) is 5.69 Å². The monoisotopic (exact) mass is 229 g/mol. The van der Waals surface area contributed by atoms with Crippen LogP contribution in [-0.2, 0) is 0 Å². The maximum absolute atomic E-state index is 11.3. The van der Waals surface area contributed by atoms with Gasteiger partial charge in [-0.25, -0.2) is 4.98 Å². The highest BCUT2D eigenvalue weighted by atomic mass is 16.1. The number of nitrogens with zero attached hydrogens (tertiary/aromatic N) is 1. The smallest absolute Gasteiger partial charge is 0.178 e. The van der Waals surface area contributed by atoms with Crippen molar-refractivity contribution in [1.29, 1.82) is 0 Å². The van der Waals surface area contributed by atoms with Gasteiger partial charge in [-0.05, 0) is 24.0 Å². The molecule has 1 aromatic rings. The molecule has 0 aromatic carbocycles. The summed E-state index contributed by atoms with van der Waals surface area (Å²) in [5.41, 5.74) is 2.58. The normalized spacial score (nSPS) is 12.6. The molecule has 0 spiro atoms. The molecule has 0 aliphatic heterocycles. The largest absolute Gasteiger partial charge is 0.293 e. The highest BCUT2D eigenvalue weighted by Crippen LogP contribution is 2.22. The first-order valence-corrected chi connectivity index (χ1v) is 5.91. The van der Waals surface area contributed by atoms with Gasteiger partial charge in [-0.15, -0.1) is 0 Å². The lowest BCUT2D eigenvalue weighted by molar-refractivity contribution is 0.101. The summed E-state index contributed by atoms with van der Waals surface area (Å²) >= 11 is 0. The molecule has 17 heavy (non-hydrogen) atoms. The number of Topliss-reactive ketones (excluding diaryl/α,β-unsaturated/α-hetero) is 1. The number of pyridine rings is 1. The molecule has 1 atom stereocenters. The molecule has 0 amide bonds. The van der Waals surface area contributed by atoms with Gasteiger partial charge in [0, 0.05) is 6.92 Å². The summed E-state index contributed by atoms with van der Waals surface area (Å²) in [6.45, 7) is 9.44. The predicted octanol–water partition coefficient (Wildman–Crippen LogP) is 4.00. The summed E-state index contributed by atoms with van der Waals surface area (Å²) in [7, 11) is 0. The van der Waals surface area contributed by atoms with Crippen molar-refractivity contribution in [3.63, 3.8) is 0 Å². The molecular formula is C15H19NO. The van der Waals surface area contributed by atoms with Crippen molar-refractivity contribution in [2.24, 2.45) is 0 Å². The fourth-order valence-electron chi connectivity index (χ4n) is 1.58. The second-order valence-electron chi connectivity index (χ2n) is 4.13.